The number of phosphoric acid groups is 3. The normalized spacial score (nSPS) is 11.5. The Morgan fingerprint density at radius 1 is 0.283 bits per heavy atom. The molecule has 0 saturated heterocycles. The van der Waals surface area contributed by atoms with Gasteiger partial charge in [-0.15, -0.1) is 0 Å². The monoisotopic (exact) mass is 1080 g/mol. The summed E-state index contributed by atoms with van der Waals surface area (Å²) in [5.74, 6) is 0. The third-order valence-corrected chi connectivity index (χ3v) is 9.74. The van der Waals surface area contributed by atoms with Crippen molar-refractivity contribution in [3.8, 4) is 0 Å². The molecule has 0 N–H and O–H groups in total. The fourth-order valence-corrected chi connectivity index (χ4v) is 6.36. The first-order valence-electron chi connectivity index (χ1n) is 20.2. The van der Waals surface area contributed by atoms with Gasteiger partial charge in [0.1, 0.15) is 0 Å². The van der Waals surface area contributed by atoms with Gasteiger partial charge in [0.2, 0.25) is 0 Å². The molecule has 0 atom stereocenters. The molecule has 0 aromatic heterocycles. The molecule has 17 heteroatoms. The number of hydrogen-bond donors (Lipinski definition) is 0. The van der Waals surface area contributed by atoms with E-state index in [1.807, 2.05) is 0 Å². The van der Waals surface area contributed by atoms with E-state index in [4.69, 9.17) is 0 Å². The van der Waals surface area contributed by atoms with Crippen LogP contribution in [0.2, 0.25) is 0 Å². The molecule has 0 aromatic carbocycles. The summed E-state index contributed by atoms with van der Waals surface area (Å²) in [5.41, 5.74) is 0. The molecular weight excluding hydrogens is 1010 g/mol. The van der Waals surface area contributed by atoms with Crippen LogP contribution in [0.4, 0.5) is 0 Å². The van der Waals surface area contributed by atoms with E-state index in [0.717, 1.165) is 38.5 Å². The van der Waals surface area contributed by atoms with Crippen molar-refractivity contribution in [1.29, 1.82) is 0 Å². The summed E-state index contributed by atoms with van der Waals surface area (Å²) in [6.07, 6.45) is 35.2. The minimum atomic E-state index is -4.74. The van der Waals surface area contributed by atoms with E-state index in [1.54, 1.807) is 0 Å². The number of rotatable bonds is 36. The predicted molar refractivity (Wildman–Crippen MR) is 196 cm³/mol. The largest absolute Gasteiger partial charge is 3.00 e. The molecule has 314 valence electrons. The van der Waals surface area contributed by atoms with Gasteiger partial charge in [0, 0.05) is 0 Å². The summed E-state index contributed by atoms with van der Waals surface area (Å²) in [6.45, 7) is 6.77. The standard InChI is InChI=1S/3C12H27O4P.2Nd/c3*1-2-3-4-5-6-7-8-9-10-11-12-16-17(13,14)15;;/h3*2-12H2,1H3,(H2,13,14,15);;/q;;;2*+3/p-6. The van der Waals surface area contributed by atoms with Gasteiger partial charge in [0.25, 0.3) is 0 Å². The van der Waals surface area contributed by atoms with Crippen LogP contribution >= 0.6 is 23.5 Å². The Hall–Kier alpha value is 3.03. The first-order chi connectivity index (χ1) is 24.2. The molecule has 0 aliphatic heterocycles. The molecule has 0 heterocycles. The first-order valence-corrected chi connectivity index (χ1v) is 24.6. The molecule has 0 saturated carbocycles. The van der Waals surface area contributed by atoms with E-state index >= 15 is 0 Å². The molecule has 0 aromatic rings. The fourth-order valence-electron chi connectivity index (χ4n) is 5.30. The van der Waals surface area contributed by atoms with Crippen molar-refractivity contribution in [1.82, 2.24) is 0 Å². The molecule has 0 rings (SSSR count). The predicted octanol–water partition coefficient (Wildman–Crippen LogP) is 8.26. The van der Waals surface area contributed by atoms with Crippen LogP contribution in [0.1, 0.15) is 213 Å². The maximum absolute atomic E-state index is 10.1. The van der Waals surface area contributed by atoms with Crippen LogP contribution in [0.3, 0.4) is 0 Å². The SMILES string of the molecule is CCCCCCCCCCCCOP(=O)([O-])[O-].CCCCCCCCCCCCOP(=O)([O-])[O-].CCCCCCCCCCCCOP(=O)([O-])[O-].[Nd+3].[Nd+3]. The van der Waals surface area contributed by atoms with E-state index in [2.05, 4.69) is 34.3 Å². The average molecular weight is 1080 g/mol. The van der Waals surface area contributed by atoms with Gasteiger partial charge in [-0.3, -0.25) is 0 Å². The molecule has 0 aliphatic rings. The summed E-state index contributed by atoms with van der Waals surface area (Å²) in [4.78, 5) is 60.8. The fraction of sp³-hybridized carbons (Fsp3) is 1.00. The van der Waals surface area contributed by atoms with Gasteiger partial charge < -0.3 is 56.6 Å². The van der Waals surface area contributed by atoms with Gasteiger partial charge in [-0.05, 0) is 19.3 Å². The first kappa shape index (κ1) is 65.2. The van der Waals surface area contributed by atoms with Crippen molar-refractivity contribution >= 4 is 23.5 Å². The summed E-state index contributed by atoms with van der Waals surface area (Å²) >= 11 is 0. The van der Waals surface area contributed by atoms with Crippen molar-refractivity contribution in [2.24, 2.45) is 0 Å². The zero-order chi connectivity index (χ0) is 39.0. The van der Waals surface area contributed by atoms with E-state index in [0.29, 0.717) is 19.3 Å². The maximum Gasteiger partial charge on any atom is 3.00 e. The van der Waals surface area contributed by atoms with E-state index < -0.39 is 23.5 Å². The molecule has 0 spiro atoms. The summed E-state index contributed by atoms with van der Waals surface area (Å²) in [5, 5.41) is 0. The van der Waals surface area contributed by atoms with Gasteiger partial charge in [0.15, 0.2) is 0 Å². The molecule has 0 unspecified atom stereocenters. The minimum Gasteiger partial charge on any atom is -0.790 e. The minimum absolute atomic E-state index is 0. The number of unbranched alkanes of at least 4 members (excludes halogenated alkanes) is 27. The number of phosphoric ester groups is 3. The Kier molecular flexibility index (Phi) is 60.7. The van der Waals surface area contributed by atoms with Crippen molar-refractivity contribution in [3.63, 3.8) is 0 Å². The number of hydrogen-bond acceptors (Lipinski definition) is 12. The quantitative estimate of drug-likeness (QED) is 0.0428. The smallest absolute Gasteiger partial charge is 0.790 e. The molecule has 0 fully saturated rings. The third kappa shape index (κ3) is 76.3. The van der Waals surface area contributed by atoms with Gasteiger partial charge in [0.05, 0.1) is 43.3 Å². The van der Waals surface area contributed by atoms with Crippen LogP contribution in [0, 0.1) is 81.7 Å². The molecule has 2 radical (unpaired) electrons. The van der Waals surface area contributed by atoms with Crippen LogP contribution < -0.4 is 29.4 Å². The average Bonchev–Trinajstić information content (AvgIpc) is 3.04. The summed E-state index contributed by atoms with van der Waals surface area (Å²) in [7, 11) is -14.2. The van der Waals surface area contributed by atoms with Crippen LogP contribution in [-0.2, 0) is 27.3 Å². The van der Waals surface area contributed by atoms with E-state index in [1.165, 1.54) is 135 Å². The Bertz CT molecular complexity index is 725. The van der Waals surface area contributed by atoms with E-state index in [-0.39, 0.29) is 101 Å². The summed E-state index contributed by atoms with van der Waals surface area (Å²) in [6, 6.07) is 0. The van der Waals surface area contributed by atoms with Crippen molar-refractivity contribution in [2.75, 3.05) is 19.8 Å². The molecule has 0 amide bonds. The van der Waals surface area contributed by atoms with Gasteiger partial charge in [-0.1, -0.05) is 194 Å². The summed E-state index contributed by atoms with van der Waals surface area (Å²) < 4.78 is 42.9. The van der Waals surface area contributed by atoms with E-state index in [9.17, 15) is 43.1 Å². The van der Waals surface area contributed by atoms with Gasteiger partial charge in [-0.2, -0.15) is 0 Å². The zero-order valence-electron chi connectivity index (χ0n) is 33.6. The zero-order valence-corrected chi connectivity index (χ0v) is 42.7. The Morgan fingerprint density at radius 2 is 0.415 bits per heavy atom. The molecule has 0 bridgehead atoms. The topological polar surface area (TPSA) is 217 Å². The van der Waals surface area contributed by atoms with Gasteiger partial charge >= 0.3 is 81.7 Å². The molecule has 12 nitrogen and oxygen atoms in total. The van der Waals surface area contributed by atoms with Crippen molar-refractivity contribution in [2.45, 2.75) is 213 Å². The second-order valence-corrected chi connectivity index (χ2v) is 16.8. The van der Waals surface area contributed by atoms with Crippen molar-refractivity contribution in [3.05, 3.63) is 0 Å². The Labute approximate surface area is 390 Å². The van der Waals surface area contributed by atoms with Crippen LogP contribution in [0.15, 0.2) is 0 Å². The van der Waals surface area contributed by atoms with Crippen LogP contribution in [-0.4, -0.2) is 19.8 Å². The van der Waals surface area contributed by atoms with Crippen molar-refractivity contribution < 1.29 is 138 Å². The maximum atomic E-state index is 10.1. The molecule has 0 aliphatic carbocycles. The van der Waals surface area contributed by atoms with Gasteiger partial charge in [-0.25, -0.2) is 0 Å². The second-order valence-electron chi connectivity index (χ2n) is 13.4. The Balaban J connectivity index is -0.000000213. The van der Waals surface area contributed by atoms with Crippen LogP contribution in [0.5, 0.6) is 0 Å². The second kappa shape index (κ2) is 49.4. The Morgan fingerprint density at radius 3 is 0.547 bits per heavy atom. The van der Waals surface area contributed by atoms with Crippen LogP contribution in [0.25, 0.3) is 0 Å². The molecule has 53 heavy (non-hydrogen) atoms. The third-order valence-electron chi connectivity index (χ3n) is 8.24. The molecular formula is C36H75Nd2O12P3.